The van der Waals surface area contributed by atoms with E-state index in [2.05, 4.69) is 0 Å². The molecule has 5 nitrogen and oxygen atoms in total. The molecular weight excluding hydrogens is 248 g/mol. The molecule has 1 aliphatic heterocycles. The number of aliphatic hydroxyl groups excluding tert-OH is 1. The Kier molecular flexibility index (Phi) is 3.13. The average molecular weight is 259 g/mol. The predicted octanol–water partition coefficient (Wildman–Crippen LogP) is 1.75. The van der Waals surface area contributed by atoms with Gasteiger partial charge in [0.25, 0.3) is 0 Å². The van der Waals surface area contributed by atoms with Gasteiger partial charge in [-0.25, -0.2) is 4.79 Å². The van der Waals surface area contributed by atoms with Crippen LogP contribution in [0.25, 0.3) is 0 Å². The number of benzene rings is 1. The Hall–Kier alpha value is -1.46. The second kappa shape index (κ2) is 4.43. The summed E-state index contributed by atoms with van der Waals surface area (Å²) in [6.45, 7) is 1.87. The summed E-state index contributed by atoms with van der Waals surface area (Å²) in [5, 5.41) is 18.7. The molecule has 2 rings (SSSR count). The number of fused-ring (bicyclic) bond motifs is 1. The Morgan fingerprint density at radius 1 is 1.59 bits per heavy atom. The van der Waals surface area contributed by atoms with Gasteiger partial charge >= 0.3 is 5.97 Å². The van der Waals surface area contributed by atoms with Gasteiger partial charge in [-0.3, -0.25) is 0 Å². The molecule has 0 spiro atoms. The molecule has 6 heteroatoms. The van der Waals surface area contributed by atoms with Crippen molar-refractivity contribution in [3.05, 3.63) is 22.2 Å². The standard InChI is InChI=1S/C11H11ClO5/c1-2-5-6(9(13)11(14)15)3-7-10(8(5)12)17-4-16-7/h3,9,13H,2,4H2,1H3,(H,14,15). The van der Waals surface area contributed by atoms with Crippen LogP contribution in [0.1, 0.15) is 24.2 Å². The third kappa shape index (κ3) is 1.92. The van der Waals surface area contributed by atoms with Gasteiger partial charge < -0.3 is 19.7 Å². The molecule has 1 aliphatic rings. The van der Waals surface area contributed by atoms with Crippen LogP contribution in [0.3, 0.4) is 0 Å². The highest BCUT2D eigenvalue weighted by molar-refractivity contribution is 6.33. The lowest BCUT2D eigenvalue weighted by Crippen LogP contribution is -2.13. The molecule has 92 valence electrons. The minimum Gasteiger partial charge on any atom is -0.479 e. The van der Waals surface area contributed by atoms with Crippen LogP contribution in [0.15, 0.2) is 6.07 Å². The summed E-state index contributed by atoms with van der Waals surface area (Å²) in [6, 6.07) is 1.46. The number of carboxylic acid groups (broad SMARTS) is 1. The van der Waals surface area contributed by atoms with Crippen LogP contribution in [0.2, 0.25) is 5.02 Å². The summed E-state index contributed by atoms with van der Waals surface area (Å²) >= 11 is 6.10. The van der Waals surface area contributed by atoms with Gasteiger partial charge in [-0.1, -0.05) is 18.5 Å². The first-order chi connectivity index (χ1) is 8.06. The van der Waals surface area contributed by atoms with Crippen LogP contribution in [0.5, 0.6) is 11.5 Å². The number of hydrogen-bond donors (Lipinski definition) is 2. The molecule has 1 aromatic rings. The molecule has 1 atom stereocenters. The number of hydrogen-bond acceptors (Lipinski definition) is 4. The second-order valence-corrected chi connectivity index (χ2v) is 3.96. The minimum atomic E-state index is -1.61. The van der Waals surface area contributed by atoms with Crippen molar-refractivity contribution in [1.29, 1.82) is 0 Å². The molecule has 0 bridgehead atoms. The van der Waals surface area contributed by atoms with Crippen LogP contribution in [-0.4, -0.2) is 23.0 Å². The fourth-order valence-corrected chi connectivity index (χ4v) is 2.19. The van der Waals surface area contributed by atoms with Crippen LogP contribution < -0.4 is 9.47 Å². The van der Waals surface area contributed by atoms with E-state index in [1.165, 1.54) is 6.07 Å². The predicted molar refractivity (Wildman–Crippen MR) is 59.5 cm³/mol. The van der Waals surface area contributed by atoms with Gasteiger partial charge in [-0.15, -0.1) is 0 Å². The summed E-state index contributed by atoms with van der Waals surface area (Å²) in [5.41, 5.74) is 0.806. The lowest BCUT2D eigenvalue weighted by Gasteiger charge is -2.14. The van der Waals surface area contributed by atoms with E-state index in [1.807, 2.05) is 6.92 Å². The van der Waals surface area contributed by atoms with Gasteiger partial charge in [-0.2, -0.15) is 0 Å². The molecule has 1 heterocycles. The van der Waals surface area contributed by atoms with Crippen molar-refractivity contribution >= 4 is 17.6 Å². The SMILES string of the molecule is CCc1c(C(O)C(=O)O)cc2c(c1Cl)OCO2. The van der Waals surface area contributed by atoms with Crippen LogP contribution >= 0.6 is 11.6 Å². The van der Waals surface area contributed by atoms with Crippen molar-refractivity contribution in [2.45, 2.75) is 19.4 Å². The number of carbonyl (C=O) groups is 1. The summed E-state index contributed by atoms with van der Waals surface area (Å²) in [6.07, 6.45) is -1.12. The zero-order chi connectivity index (χ0) is 12.6. The van der Waals surface area contributed by atoms with Gasteiger partial charge in [0.2, 0.25) is 6.79 Å². The van der Waals surface area contributed by atoms with Crippen molar-refractivity contribution < 1.29 is 24.5 Å². The average Bonchev–Trinajstić information content (AvgIpc) is 2.76. The van der Waals surface area contributed by atoms with E-state index in [4.69, 9.17) is 26.2 Å². The fourth-order valence-electron chi connectivity index (χ4n) is 1.80. The Balaban J connectivity index is 2.59. The Bertz CT molecular complexity index is 471. The van der Waals surface area contributed by atoms with E-state index in [9.17, 15) is 9.90 Å². The summed E-state index contributed by atoms with van der Waals surface area (Å²) in [4.78, 5) is 10.8. The van der Waals surface area contributed by atoms with Gasteiger partial charge in [0, 0.05) is 5.56 Å². The Morgan fingerprint density at radius 2 is 2.29 bits per heavy atom. The largest absolute Gasteiger partial charge is 0.479 e. The molecule has 0 fully saturated rings. The molecular formula is C11H11ClO5. The topological polar surface area (TPSA) is 76.0 Å². The zero-order valence-electron chi connectivity index (χ0n) is 9.07. The van der Waals surface area contributed by atoms with Gasteiger partial charge in [0.1, 0.15) is 0 Å². The first-order valence-corrected chi connectivity index (χ1v) is 5.45. The molecule has 1 aromatic carbocycles. The van der Waals surface area contributed by atoms with E-state index in [0.29, 0.717) is 28.5 Å². The van der Waals surface area contributed by atoms with Gasteiger partial charge in [0.05, 0.1) is 5.02 Å². The molecule has 1 unspecified atom stereocenters. The zero-order valence-corrected chi connectivity index (χ0v) is 9.82. The monoisotopic (exact) mass is 258 g/mol. The number of rotatable bonds is 3. The fraction of sp³-hybridized carbons (Fsp3) is 0.364. The number of halogens is 1. The van der Waals surface area contributed by atoms with Crippen molar-refractivity contribution in [3.8, 4) is 11.5 Å². The third-order valence-corrected chi connectivity index (χ3v) is 3.02. The summed E-state index contributed by atoms with van der Waals surface area (Å²) in [5.74, 6) is -0.554. The summed E-state index contributed by atoms with van der Waals surface area (Å²) in [7, 11) is 0. The first-order valence-electron chi connectivity index (χ1n) is 5.08. The first kappa shape index (κ1) is 12.0. The van der Waals surface area contributed by atoms with Gasteiger partial charge in [0.15, 0.2) is 17.6 Å². The molecule has 2 N–H and O–H groups in total. The smallest absolute Gasteiger partial charge is 0.337 e. The van der Waals surface area contributed by atoms with Crippen molar-refractivity contribution in [2.75, 3.05) is 6.79 Å². The highest BCUT2D eigenvalue weighted by Gasteiger charge is 2.27. The molecule has 0 aliphatic carbocycles. The normalized spacial score (nSPS) is 14.8. The van der Waals surface area contributed by atoms with Crippen molar-refractivity contribution in [3.63, 3.8) is 0 Å². The van der Waals surface area contributed by atoms with Gasteiger partial charge in [-0.05, 0) is 18.1 Å². The Morgan fingerprint density at radius 3 is 2.88 bits per heavy atom. The molecule has 0 saturated carbocycles. The molecule has 0 radical (unpaired) electrons. The molecule has 0 amide bonds. The number of ether oxygens (including phenoxy) is 2. The number of aliphatic hydroxyl groups is 1. The van der Waals surface area contributed by atoms with E-state index in [-0.39, 0.29) is 12.4 Å². The maximum atomic E-state index is 10.8. The van der Waals surface area contributed by atoms with Crippen molar-refractivity contribution in [1.82, 2.24) is 0 Å². The maximum Gasteiger partial charge on any atom is 0.337 e. The van der Waals surface area contributed by atoms with Crippen LogP contribution in [0, 0.1) is 0 Å². The lowest BCUT2D eigenvalue weighted by atomic mass is 9.99. The highest BCUT2D eigenvalue weighted by atomic mass is 35.5. The molecule has 17 heavy (non-hydrogen) atoms. The van der Waals surface area contributed by atoms with E-state index < -0.39 is 12.1 Å². The number of carboxylic acids is 1. The minimum absolute atomic E-state index is 0.0465. The van der Waals surface area contributed by atoms with Crippen LogP contribution in [0.4, 0.5) is 0 Å². The molecule has 0 saturated heterocycles. The third-order valence-electron chi connectivity index (χ3n) is 2.62. The molecule has 0 aromatic heterocycles. The second-order valence-electron chi connectivity index (χ2n) is 3.59. The van der Waals surface area contributed by atoms with E-state index in [1.54, 1.807) is 0 Å². The lowest BCUT2D eigenvalue weighted by molar-refractivity contribution is -0.147. The maximum absolute atomic E-state index is 10.8. The Labute approximate surface area is 103 Å². The van der Waals surface area contributed by atoms with Crippen LogP contribution in [-0.2, 0) is 11.2 Å². The van der Waals surface area contributed by atoms with Crippen molar-refractivity contribution in [2.24, 2.45) is 0 Å². The highest BCUT2D eigenvalue weighted by Crippen LogP contribution is 2.44. The summed E-state index contributed by atoms with van der Waals surface area (Å²) < 4.78 is 10.3. The quantitative estimate of drug-likeness (QED) is 0.864. The van der Waals surface area contributed by atoms with E-state index >= 15 is 0 Å². The van der Waals surface area contributed by atoms with E-state index in [0.717, 1.165) is 0 Å². The number of aliphatic carboxylic acids is 1.